The van der Waals surface area contributed by atoms with E-state index in [1.807, 2.05) is 0 Å². The first-order valence-electron chi connectivity index (χ1n) is 9.56. The van der Waals surface area contributed by atoms with Crippen molar-refractivity contribution in [3.63, 3.8) is 0 Å². The van der Waals surface area contributed by atoms with Crippen molar-refractivity contribution in [2.24, 2.45) is 7.05 Å². The van der Waals surface area contributed by atoms with E-state index in [1.54, 1.807) is 62.9 Å². The SMILES string of the molecule is Cn1ccc(NC(=O)C2(n3cccn3)CCN(C(=O)c3cscn3)CC2)n1.O=CO.O=CO. The maximum atomic E-state index is 13.2. The maximum Gasteiger partial charge on any atom is 0.290 e. The van der Waals surface area contributed by atoms with E-state index < -0.39 is 5.54 Å². The van der Waals surface area contributed by atoms with Crippen LogP contribution < -0.4 is 5.32 Å². The molecular weight excluding hydrogens is 454 g/mol. The van der Waals surface area contributed by atoms with E-state index in [-0.39, 0.29) is 24.8 Å². The van der Waals surface area contributed by atoms with Gasteiger partial charge in [-0.1, -0.05) is 0 Å². The highest BCUT2D eigenvalue weighted by atomic mass is 32.1. The van der Waals surface area contributed by atoms with Crippen LogP contribution in [0.1, 0.15) is 23.3 Å². The fourth-order valence-electron chi connectivity index (χ4n) is 3.36. The third kappa shape index (κ3) is 6.22. The summed E-state index contributed by atoms with van der Waals surface area (Å²) < 4.78 is 3.32. The van der Waals surface area contributed by atoms with Crippen molar-refractivity contribution in [2.75, 3.05) is 18.4 Å². The Kier molecular flexibility index (Phi) is 9.23. The van der Waals surface area contributed by atoms with Crippen molar-refractivity contribution in [1.82, 2.24) is 29.4 Å². The zero-order chi connectivity index (χ0) is 24.3. The van der Waals surface area contributed by atoms with E-state index in [9.17, 15) is 9.59 Å². The lowest BCUT2D eigenvalue weighted by Crippen LogP contribution is -2.54. The molecule has 3 aromatic heterocycles. The van der Waals surface area contributed by atoms with Crippen molar-refractivity contribution in [3.8, 4) is 0 Å². The standard InChI is InChI=1S/C17H19N7O2S.2CH2O2/c1-22-8-3-14(21-22)20-16(26)17(24-7-2-6-19-24)4-9-23(10-5-17)15(25)13-11-27-12-18-13;2*2-1-3/h2-3,6-8,11-12H,4-5,9-10H2,1H3,(H,20,21,26);2*1H,(H,2,3). The normalized spacial score (nSPS) is 14.0. The van der Waals surface area contributed by atoms with Gasteiger partial charge in [-0.25, -0.2) is 4.98 Å². The molecule has 1 saturated heterocycles. The van der Waals surface area contributed by atoms with Gasteiger partial charge in [0, 0.05) is 50.2 Å². The van der Waals surface area contributed by atoms with Crippen LogP contribution in [0.5, 0.6) is 0 Å². The number of piperidine rings is 1. The van der Waals surface area contributed by atoms with E-state index in [2.05, 4.69) is 20.5 Å². The number of anilines is 1. The molecule has 0 aromatic carbocycles. The number of carboxylic acid groups (broad SMARTS) is 2. The molecular formula is C19H23N7O6S. The molecule has 3 aromatic rings. The Balaban J connectivity index is 0.000000582. The summed E-state index contributed by atoms with van der Waals surface area (Å²) >= 11 is 1.39. The molecule has 33 heavy (non-hydrogen) atoms. The average molecular weight is 478 g/mol. The Morgan fingerprint density at radius 1 is 1.18 bits per heavy atom. The molecule has 13 nitrogen and oxygen atoms in total. The average Bonchev–Trinajstić information content (AvgIpc) is 3.58. The molecule has 0 aliphatic carbocycles. The van der Waals surface area contributed by atoms with Crippen LogP contribution in [0.4, 0.5) is 5.82 Å². The number of nitrogens with one attached hydrogen (secondary N) is 1. The predicted molar refractivity (Wildman–Crippen MR) is 117 cm³/mol. The molecule has 0 unspecified atom stereocenters. The van der Waals surface area contributed by atoms with Crippen molar-refractivity contribution in [1.29, 1.82) is 0 Å². The number of hydrogen-bond donors (Lipinski definition) is 3. The van der Waals surface area contributed by atoms with E-state index in [1.165, 1.54) is 11.3 Å². The number of rotatable bonds is 4. The number of thiazole rings is 1. The molecule has 1 fully saturated rings. The van der Waals surface area contributed by atoms with Crippen LogP contribution in [0.15, 0.2) is 41.6 Å². The van der Waals surface area contributed by atoms with E-state index in [4.69, 9.17) is 19.8 Å². The Hall–Kier alpha value is -4.07. The van der Waals surface area contributed by atoms with Gasteiger partial charge in [-0.15, -0.1) is 11.3 Å². The zero-order valence-corrected chi connectivity index (χ0v) is 18.5. The number of amides is 2. The number of aromatic nitrogens is 5. The highest BCUT2D eigenvalue weighted by molar-refractivity contribution is 7.07. The van der Waals surface area contributed by atoms with Gasteiger partial charge in [-0.3, -0.25) is 28.5 Å². The molecule has 0 radical (unpaired) electrons. The lowest BCUT2D eigenvalue weighted by molar-refractivity contribution is -0.127. The van der Waals surface area contributed by atoms with Crippen LogP contribution >= 0.6 is 11.3 Å². The fourth-order valence-corrected chi connectivity index (χ4v) is 3.88. The zero-order valence-electron chi connectivity index (χ0n) is 17.6. The minimum atomic E-state index is -0.861. The molecule has 14 heteroatoms. The first kappa shape index (κ1) is 25.2. The summed E-state index contributed by atoms with van der Waals surface area (Å²) in [6.07, 6.45) is 6.14. The predicted octanol–water partition coefficient (Wildman–Crippen LogP) is 0.745. The number of carbonyl (C=O) groups is 4. The molecule has 176 valence electrons. The van der Waals surface area contributed by atoms with Gasteiger partial charge in [0.2, 0.25) is 0 Å². The second-order valence-corrected chi connectivity index (χ2v) is 7.41. The van der Waals surface area contributed by atoms with Crippen LogP contribution in [0.3, 0.4) is 0 Å². The van der Waals surface area contributed by atoms with Crippen molar-refractivity contribution in [3.05, 3.63) is 47.3 Å². The minimum Gasteiger partial charge on any atom is -0.483 e. The Morgan fingerprint density at radius 3 is 2.33 bits per heavy atom. The molecule has 1 aliphatic heterocycles. The number of aryl methyl sites for hydroxylation is 1. The van der Waals surface area contributed by atoms with Gasteiger partial charge in [0.05, 0.1) is 5.51 Å². The Bertz CT molecular complexity index is 1020. The molecule has 2 amide bonds. The summed E-state index contributed by atoms with van der Waals surface area (Å²) in [6, 6.07) is 3.54. The highest BCUT2D eigenvalue weighted by Gasteiger charge is 2.45. The lowest BCUT2D eigenvalue weighted by atomic mass is 9.86. The maximum absolute atomic E-state index is 13.2. The topological polar surface area (TPSA) is 173 Å². The smallest absolute Gasteiger partial charge is 0.290 e. The van der Waals surface area contributed by atoms with Gasteiger partial charge in [0.15, 0.2) is 5.82 Å². The lowest BCUT2D eigenvalue weighted by Gasteiger charge is -2.40. The summed E-state index contributed by atoms with van der Waals surface area (Å²) in [5.74, 6) is 0.219. The highest BCUT2D eigenvalue weighted by Crippen LogP contribution is 2.31. The second-order valence-electron chi connectivity index (χ2n) is 6.69. The molecule has 4 rings (SSSR count). The summed E-state index contributed by atoms with van der Waals surface area (Å²) in [6.45, 7) is 0.401. The van der Waals surface area contributed by atoms with E-state index in [0.29, 0.717) is 37.4 Å². The number of carbonyl (C=O) groups excluding carboxylic acids is 2. The molecule has 0 atom stereocenters. The number of likely N-dealkylation sites (tertiary alicyclic amines) is 1. The van der Waals surface area contributed by atoms with Crippen LogP contribution in [0.2, 0.25) is 0 Å². The Labute approximate surface area is 192 Å². The monoisotopic (exact) mass is 477 g/mol. The first-order chi connectivity index (χ1) is 15.9. The van der Waals surface area contributed by atoms with Crippen LogP contribution in [0, 0.1) is 0 Å². The fraction of sp³-hybridized carbons (Fsp3) is 0.316. The van der Waals surface area contributed by atoms with Gasteiger partial charge >= 0.3 is 0 Å². The largest absolute Gasteiger partial charge is 0.483 e. The van der Waals surface area contributed by atoms with Crippen LogP contribution in [-0.4, -0.2) is 77.5 Å². The first-order valence-corrected chi connectivity index (χ1v) is 10.5. The molecule has 0 saturated carbocycles. The summed E-state index contributed by atoms with van der Waals surface area (Å²) in [5.41, 5.74) is 1.23. The number of nitrogens with zero attached hydrogens (tertiary/aromatic N) is 6. The van der Waals surface area contributed by atoms with Crippen LogP contribution in [-0.2, 0) is 27.0 Å². The van der Waals surface area contributed by atoms with Crippen molar-refractivity contribution in [2.45, 2.75) is 18.4 Å². The molecule has 1 aliphatic rings. The second kappa shape index (κ2) is 12.1. The van der Waals surface area contributed by atoms with Gasteiger partial charge < -0.3 is 20.4 Å². The van der Waals surface area contributed by atoms with Gasteiger partial charge in [-0.05, 0) is 18.9 Å². The minimum absolute atomic E-state index is 0.101. The quantitative estimate of drug-likeness (QED) is 0.458. The third-order valence-electron chi connectivity index (χ3n) is 4.85. The van der Waals surface area contributed by atoms with Crippen molar-refractivity contribution >= 4 is 41.9 Å². The Morgan fingerprint density at radius 2 is 1.85 bits per heavy atom. The summed E-state index contributed by atoms with van der Waals surface area (Å²) in [5, 5.41) is 26.9. The van der Waals surface area contributed by atoms with E-state index in [0.717, 1.165) is 0 Å². The third-order valence-corrected chi connectivity index (χ3v) is 5.44. The van der Waals surface area contributed by atoms with Gasteiger partial charge in [-0.2, -0.15) is 10.2 Å². The molecule has 3 N–H and O–H groups in total. The number of hydrogen-bond acceptors (Lipinski definition) is 8. The summed E-state index contributed by atoms with van der Waals surface area (Å²) in [7, 11) is 1.79. The van der Waals surface area contributed by atoms with Gasteiger partial charge in [0.1, 0.15) is 11.2 Å². The van der Waals surface area contributed by atoms with Gasteiger partial charge in [0.25, 0.3) is 24.8 Å². The molecule has 0 spiro atoms. The van der Waals surface area contributed by atoms with E-state index >= 15 is 0 Å². The van der Waals surface area contributed by atoms with Crippen molar-refractivity contribution < 1.29 is 29.4 Å². The molecule has 4 heterocycles. The van der Waals surface area contributed by atoms with Crippen LogP contribution in [0.25, 0.3) is 0 Å². The summed E-state index contributed by atoms with van der Waals surface area (Å²) in [4.78, 5) is 48.3. The molecule has 0 bridgehead atoms.